The van der Waals surface area contributed by atoms with Crippen molar-refractivity contribution in [3.63, 3.8) is 0 Å². The Morgan fingerprint density at radius 3 is 2.47 bits per heavy atom. The van der Waals surface area contributed by atoms with Gasteiger partial charge >= 0.3 is 5.97 Å². The quantitative estimate of drug-likeness (QED) is 0.636. The molecule has 1 heterocycles. The van der Waals surface area contributed by atoms with Gasteiger partial charge in [0.25, 0.3) is 5.91 Å². The molecule has 0 spiro atoms. The average Bonchev–Trinajstić information content (AvgIpc) is 3.15. The maximum Gasteiger partial charge on any atom is 0.312 e. The van der Waals surface area contributed by atoms with Crippen LogP contribution in [0.3, 0.4) is 0 Å². The first-order chi connectivity index (χ1) is 15.2. The largest absolute Gasteiger partial charge is 0.495 e. The number of nitrogens with one attached hydrogen (secondary N) is 1. The predicted octanol–water partition coefficient (Wildman–Crippen LogP) is 2.03. The van der Waals surface area contributed by atoms with Crippen LogP contribution in [0.5, 0.6) is 5.75 Å². The lowest BCUT2D eigenvalue weighted by atomic mass is 10.1. The first-order valence-corrected chi connectivity index (χ1v) is 10.1. The fourth-order valence-corrected chi connectivity index (χ4v) is 3.39. The molecular formula is C23H25N3O6. The van der Waals surface area contributed by atoms with Gasteiger partial charge in [0.2, 0.25) is 11.8 Å². The number of nitrogens with zero attached hydrogens (tertiary/aromatic N) is 1. The lowest BCUT2D eigenvalue weighted by Crippen LogP contribution is -2.33. The molecule has 3 N–H and O–H groups in total. The van der Waals surface area contributed by atoms with Crippen molar-refractivity contribution in [2.75, 3.05) is 23.9 Å². The van der Waals surface area contributed by atoms with Crippen LogP contribution in [-0.2, 0) is 19.1 Å². The molecule has 3 rings (SSSR count). The van der Waals surface area contributed by atoms with Crippen LogP contribution in [0.1, 0.15) is 29.3 Å². The molecule has 1 aliphatic heterocycles. The second kappa shape index (κ2) is 9.51. The van der Waals surface area contributed by atoms with Crippen LogP contribution >= 0.6 is 0 Å². The van der Waals surface area contributed by atoms with E-state index in [1.54, 1.807) is 6.07 Å². The summed E-state index contributed by atoms with van der Waals surface area (Å²) in [5.74, 6) is -2.12. The molecule has 1 fully saturated rings. The Balaban J connectivity index is 1.61. The molecule has 0 bridgehead atoms. The smallest absolute Gasteiger partial charge is 0.312 e. The van der Waals surface area contributed by atoms with Gasteiger partial charge in [-0.05, 0) is 55.8 Å². The number of esters is 1. The van der Waals surface area contributed by atoms with Crippen molar-refractivity contribution in [2.24, 2.45) is 11.7 Å². The first kappa shape index (κ1) is 22.8. The highest BCUT2D eigenvalue weighted by atomic mass is 16.5. The van der Waals surface area contributed by atoms with Gasteiger partial charge in [-0.25, -0.2) is 0 Å². The molecule has 0 aliphatic carbocycles. The van der Waals surface area contributed by atoms with Crippen molar-refractivity contribution in [3.8, 4) is 5.75 Å². The monoisotopic (exact) mass is 439 g/mol. The molecule has 32 heavy (non-hydrogen) atoms. The summed E-state index contributed by atoms with van der Waals surface area (Å²) in [6.07, 6.45) is -1.09. The van der Waals surface area contributed by atoms with Crippen molar-refractivity contribution in [3.05, 3.63) is 53.6 Å². The second-order valence-corrected chi connectivity index (χ2v) is 7.59. The molecule has 0 aromatic heterocycles. The van der Waals surface area contributed by atoms with Gasteiger partial charge in [0.05, 0.1) is 18.7 Å². The van der Waals surface area contributed by atoms with Gasteiger partial charge in [-0.15, -0.1) is 0 Å². The Kier molecular flexibility index (Phi) is 6.77. The van der Waals surface area contributed by atoms with Gasteiger partial charge in [0.1, 0.15) is 5.75 Å². The minimum atomic E-state index is -1.07. The number of carbonyl (C=O) groups is 4. The summed E-state index contributed by atoms with van der Waals surface area (Å²) in [7, 11) is 1.52. The van der Waals surface area contributed by atoms with Crippen LogP contribution in [-0.4, -0.2) is 43.4 Å². The van der Waals surface area contributed by atoms with E-state index in [1.807, 2.05) is 19.1 Å². The van der Waals surface area contributed by atoms with Crippen molar-refractivity contribution in [1.82, 2.24) is 0 Å². The Bertz CT molecular complexity index is 1050. The maximum absolute atomic E-state index is 12.6. The molecule has 2 atom stereocenters. The highest BCUT2D eigenvalue weighted by Gasteiger charge is 2.38. The lowest BCUT2D eigenvalue weighted by Gasteiger charge is -2.20. The summed E-state index contributed by atoms with van der Waals surface area (Å²) < 4.78 is 10.6. The number of rotatable bonds is 7. The van der Waals surface area contributed by atoms with Crippen LogP contribution in [0, 0.1) is 12.8 Å². The predicted molar refractivity (Wildman–Crippen MR) is 117 cm³/mol. The number of primary amides is 1. The van der Waals surface area contributed by atoms with Crippen molar-refractivity contribution in [2.45, 2.75) is 26.4 Å². The number of hydrogen-bond acceptors (Lipinski definition) is 6. The topological polar surface area (TPSA) is 128 Å². The lowest BCUT2D eigenvalue weighted by molar-refractivity contribution is -0.157. The van der Waals surface area contributed by atoms with E-state index in [0.717, 1.165) is 5.56 Å². The third kappa shape index (κ3) is 5.05. The standard InChI is InChI=1S/C23H25N3O6/c1-13-4-9-19(31-3)18(10-13)26-12-16(11-20(26)27)23(30)32-14(2)22(29)25-17-7-5-15(6-8-17)21(24)28/h4-10,14,16H,11-12H2,1-3H3,(H2,24,28)(H,25,29)/t14-,16-/m1/s1. The van der Waals surface area contributed by atoms with Crippen LogP contribution in [0.2, 0.25) is 0 Å². The third-order valence-corrected chi connectivity index (χ3v) is 5.18. The van der Waals surface area contributed by atoms with E-state index in [-0.39, 0.29) is 18.9 Å². The minimum absolute atomic E-state index is 0.0150. The molecule has 3 amide bonds. The Morgan fingerprint density at radius 2 is 1.84 bits per heavy atom. The number of anilines is 2. The maximum atomic E-state index is 12.6. The summed E-state index contributed by atoms with van der Waals surface area (Å²) in [6, 6.07) is 11.5. The van der Waals surface area contributed by atoms with Gasteiger partial charge in [-0.2, -0.15) is 0 Å². The minimum Gasteiger partial charge on any atom is -0.495 e. The first-order valence-electron chi connectivity index (χ1n) is 10.1. The summed E-state index contributed by atoms with van der Waals surface area (Å²) in [5.41, 5.74) is 7.47. The van der Waals surface area contributed by atoms with Crippen LogP contribution in [0.4, 0.5) is 11.4 Å². The van der Waals surface area contributed by atoms with Crippen LogP contribution in [0.15, 0.2) is 42.5 Å². The molecule has 0 unspecified atom stereocenters. The van der Waals surface area contributed by atoms with Crippen molar-refractivity contribution >= 4 is 35.1 Å². The van der Waals surface area contributed by atoms with Crippen molar-refractivity contribution in [1.29, 1.82) is 0 Å². The van der Waals surface area contributed by atoms with E-state index >= 15 is 0 Å². The summed E-state index contributed by atoms with van der Waals surface area (Å²) in [4.78, 5) is 50.2. The van der Waals surface area contributed by atoms with E-state index in [2.05, 4.69) is 5.32 Å². The Hall–Kier alpha value is -3.88. The van der Waals surface area contributed by atoms with Crippen LogP contribution in [0.25, 0.3) is 0 Å². The van der Waals surface area contributed by atoms with Crippen LogP contribution < -0.4 is 20.7 Å². The van der Waals surface area contributed by atoms with E-state index in [1.165, 1.54) is 43.2 Å². The zero-order chi connectivity index (χ0) is 23.4. The van der Waals surface area contributed by atoms with Gasteiger partial charge in [0, 0.05) is 24.2 Å². The number of amides is 3. The number of ether oxygens (including phenoxy) is 2. The normalized spacial score (nSPS) is 16.4. The van der Waals surface area contributed by atoms with Crippen molar-refractivity contribution < 1.29 is 28.7 Å². The fraction of sp³-hybridized carbons (Fsp3) is 0.304. The molecular weight excluding hydrogens is 414 g/mol. The summed E-state index contributed by atoms with van der Waals surface area (Å²) >= 11 is 0. The van der Waals surface area contributed by atoms with Gasteiger partial charge in [-0.3, -0.25) is 19.2 Å². The molecule has 2 aromatic rings. The number of methoxy groups -OCH3 is 1. The number of benzene rings is 2. The Morgan fingerprint density at radius 1 is 1.16 bits per heavy atom. The van der Waals surface area contributed by atoms with Gasteiger partial charge in [0.15, 0.2) is 6.10 Å². The molecule has 0 saturated carbocycles. The molecule has 1 saturated heterocycles. The fourth-order valence-electron chi connectivity index (χ4n) is 3.39. The zero-order valence-corrected chi connectivity index (χ0v) is 18.1. The van der Waals surface area contributed by atoms with E-state index < -0.39 is 29.8 Å². The summed E-state index contributed by atoms with van der Waals surface area (Å²) in [6.45, 7) is 3.49. The zero-order valence-electron chi connectivity index (χ0n) is 18.1. The van der Waals surface area contributed by atoms with Gasteiger partial charge in [-0.1, -0.05) is 6.07 Å². The molecule has 168 valence electrons. The summed E-state index contributed by atoms with van der Waals surface area (Å²) in [5, 5.41) is 2.61. The molecule has 9 nitrogen and oxygen atoms in total. The Labute approximate surface area is 185 Å². The second-order valence-electron chi connectivity index (χ2n) is 7.59. The molecule has 9 heteroatoms. The van der Waals surface area contributed by atoms with E-state index in [0.29, 0.717) is 22.7 Å². The van der Waals surface area contributed by atoms with E-state index in [4.69, 9.17) is 15.2 Å². The third-order valence-electron chi connectivity index (χ3n) is 5.18. The number of nitrogens with two attached hydrogens (primary N) is 1. The average molecular weight is 439 g/mol. The number of carbonyl (C=O) groups excluding carboxylic acids is 4. The molecule has 2 aromatic carbocycles. The number of hydrogen-bond donors (Lipinski definition) is 2. The molecule has 1 aliphatic rings. The van der Waals surface area contributed by atoms with Gasteiger partial charge < -0.3 is 25.4 Å². The highest BCUT2D eigenvalue weighted by molar-refractivity contribution is 6.01. The highest BCUT2D eigenvalue weighted by Crippen LogP contribution is 2.34. The van der Waals surface area contributed by atoms with E-state index in [9.17, 15) is 19.2 Å². The number of aryl methyl sites for hydroxylation is 1. The molecule has 0 radical (unpaired) electrons. The SMILES string of the molecule is COc1ccc(C)cc1N1C[C@H](C(=O)O[C@H](C)C(=O)Nc2ccc(C(N)=O)cc2)CC1=O.